The molecule has 5 rings (SSSR count). The molecule has 0 amide bonds. The maximum Gasteiger partial charge on any atom is 0.339 e. The number of rotatable bonds is 1. The molecule has 2 aliphatic carbocycles. The van der Waals surface area contributed by atoms with Crippen LogP contribution in [0.1, 0.15) is 44.3 Å². The van der Waals surface area contributed by atoms with Gasteiger partial charge in [0, 0.05) is 23.8 Å². The van der Waals surface area contributed by atoms with Crippen LogP contribution in [0.5, 0.6) is 0 Å². The lowest BCUT2D eigenvalue weighted by Gasteiger charge is -2.66. The first-order valence-electron chi connectivity index (χ1n) is 9.39. The second kappa shape index (κ2) is 5.06. The van der Waals surface area contributed by atoms with E-state index in [1.165, 1.54) is 24.7 Å². The van der Waals surface area contributed by atoms with E-state index in [2.05, 4.69) is 0 Å². The van der Waals surface area contributed by atoms with Crippen LogP contribution in [0.4, 0.5) is 0 Å². The fourth-order valence-corrected chi connectivity index (χ4v) is 5.99. The third-order valence-electron chi connectivity index (χ3n) is 7.84. The maximum absolute atomic E-state index is 12.9. The molecule has 1 saturated carbocycles. The van der Waals surface area contributed by atoms with Crippen molar-refractivity contribution in [1.29, 1.82) is 0 Å². The number of carbonyl (C=O) groups excluding carboxylic acids is 2. The summed E-state index contributed by atoms with van der Waals surface area (Å²) in [5.41, 5.74) is -7.93. The number of hydrogen-bond acceptors (Lipinski definition) is 8. The quantitative estimate of drug-likeness (QED) is 0.474. The van der Waals surface area contributed by atoms with Crippen molar-refractivity contribution in [2.75, 3.05) is 6.61 Å². The SMILES string of the molecule is C[C@]12C[C@H](c3ccoc3)OC(=O)[C@@]1(O)CC[C@@]13COC(=O)[C@]1(O)CC=C[C@]23O. The predicted molar refractivity (Wildman–Crippen MR) is 91.5 cm³/mol. The fourth-order valence-electron chi connectivity index (χ4n) is 5.99. The number of esters is 2. The molecule has 6 atom stereocenters. The second-order valence-electron chi connectivity index (χ2n) is 8.74. The first-order valence-corrected chi connectivity index (χ1v) is 9.39. The largest absolute Gasteiger partial charge is 0.472 e. The number of aliphatic hydroxyl groups is 3. The zero-order valence-electron chi connectivity index (χ0n) is 15.4. The third kappa shape index (κ3) is 1.65. The number of ether oxygens (including phenoxy) is 2. The number of hydrogen-bond donors (Lipinski definition) is 3. The van der Waals surface area contributed by atoms with E-state index in [0.717, 1.165) is 0 Å². The summed E-state index contributed by atoms with van der Waals surface area (Å²) in [6, 6.07) is 1.66. The van der Waals surface area contributed by atoms with Crippen LogP contribution < -0.4 is 0 Å². The van der Waals surface area contributed by atoms with E-state index < -0.39 is 45.7 Å². The minimum absolute atomic E-state index is 0.0122. The lowest BCUT2D eigenvalue weighted by atomic mass is 9.40. The Morgan fingerprint density at radius 2 is 1.89 bits per heavy atom. The minimum Gasteiger partial charge on any atom is -0.472 e. The van der Waals surface area contributed by atoms with E-state index in [-0.39, 0.29) is 32.3 Å². The highest BCUT2D eigenvalue weighted by Gasteiger charge is 2.82. The molecule has 8 nitrogen and oxygen atoms in total. The number of furan rings is 1. The molecular weight excluding hydrogens is 368 g/mol. The van der Waals surface area contributed by atoms with Gasteiger partial charge in [0.1, 0.15) is 18.3 Å². The van der Waals surface area contributed by atoms with Gasteiger partial charge in [0.05, 0.1) is 17.9 Å². The van der Waals surface area contributed by atoms with Crippen molar-refractivity contribution in [2.24, 2.45) is 10.8 Å². The molecule has 0 bridgehead atoms. The maximum atomic E-state index is 12.9. The Morgan fingerprint density at radius 1 is 1.11 bits per heavy atom. The summed E-state index contributed by atoms with van der Waals surface area (Å²) in [6.07, 6.45) is 5.27. The molecule has 0 unspecified atom stereocenters. The molecular formula is C20H22O8. The molecule has 1 aromatic heterocycles. The predicted octanol–water partition coefficient (Wildman–Crippen LogP) is 0.764. The van der Waals surface area contributed by atoms with E-state index >= 15 is 0 Å². The van der Waals surface area contributed by atoms with Gasteiger partial charge in [-0.15, -0.1) is 0 Å². The Hall–Kier alpha value is -2.16. The Balaban J connectivity index is 1.70. The first-order chi connectivity index (χ1) is 13.1. The summed E-state index contributed by atoms with van der Waals surface area (Å²) in [5.74, 6) is -1.61. The molecule has 0 radical (unpaired) electrons. The highest BCUT2D eigenvalue weighted by Crippen LogP contribution is 2.70. The third-order valence-corrected chi connectivity index (χ3v) is 7.84. The Labute approximate surface area is 160 Å². The molecule has 0 aromatic carbocycles. The van der Waals surface area contributed by atoms with Gasteiger partial charge in [-0.25, -0.2) is 9.59 Å². The first kappa shape index (κ1) is 17.9. The van der Waals surface area contributed by atoms with Crippen LogP contribution in [0.15, 0.2) is 35.2 Å². The number of cyclic esters (lactones) is 2. The Morgan fingerprint density at radius 3 is 2.61 bits per heavy atom. The standard InChI is InChI=1S/C20H22O8/c1-16-9-13(12-3-8-26-10-12)28-15(22)18(16,23)7-6-17-11-27-14(21)19(17,24)4-2-5-20(16,17)25/h2-3,5,8,10,13,23-25H,4,6-7,9,11H2,1H3/t13-,16+,17-,18+,19-,20+/m1/s1. The van der Waals surface area contributed by atoms with Crippen molar-refractivity contribution >= 4 is 11.9 Å². The fraction of sp³-hybridized carbons (Fsp3) is 0.600. The van der Waals surface area contributed by atoms with Gasteiger partial charge in [-0.3, -0.25) is 0 Å². The Bertz CT molecular complexity index is 892. The van der Waals surface area contributed by atoms with E-state index in [0.29, 0.717) is 5.56 Å². The lowest BCUT2D eigenvalue weighted by Crippen LogP contribution is -2.79. The molecule has 1 spiro atoms. The molecule has 3 N–H and O–H groups in total. The summed E-state index contributed by atoms with van der Waals surface area (Å²) < 4.78 is 15.8. The zero-order chi connectivity index (χ0) is 20.0. The molecule has 28 heavy (non-hydrogen) atoms. The van der Waals surface area contributed by atoms with E-state index in [1.54, 1.807) is 13.0 Å². The number of fused-ring (bicyclic) bond motifs is 2. The van der Waals surface area contributed by atoms with Gasteiger partial charge in [0.2, 0.25) is 0 Å². The lowest BCUT2D eigenvalue weighted by molar-refractivity contribution is -0.305. The highest BCUT2D eigenvalue weighted by molar-refractivity contribution is 5.86. The van der Waals surface area contributed by atoms with Crippen molar-refractivity contribution in [3.8, 4) is 0 Å². The van der Waals surface area contributed by atoms with Crippen LogP contribution in [0, 0.1) is 10.8 Å². The van der Waals surface area contributed by atoms with Crippen LogP contribution in [-0.2, 0) is 19.1 Å². The van der Waals surface area contributed by atoms with Crippen LogP contribution in [0.2, 0.25) is 0 Å². The summed E-state index contributed by atoms with van der Waals surface area (Å²) in [7, 11) is 0. The average molecular weight is 390 g/mol. The normalized spacial score (nSPS) is 49.6. The van der Waals surface area contributed by atoms with Crippen molar-refractivity contribution in [1.82, 2.24) is 0 Å². The van der Waals surface area contributed by atoms with Crippen molar-refractivity contribution in [3.05, 3.63) is 36.3 Å². The molecule has 2 aliphatic heterocycles. The number of carbonyl (C=O) groups is 2. The summed E-state index contributed by atoms with van der Waals surface area (Å²) in [5, 5.41) is 34.7. The van der Waals surface area contributed by atoms with Gasteiger partial charge in [-0.05, 0) is 18.9 Å². The molecule has 3 heterocycles. The van der Waals surface area contributed by atoms with Crippen LogP contribution in [-0.4, -0.2) is 50.7 Å². The van der Waals surface area contributed by atoms with Crippen molar-refractivity contribution in [2.45, 2.75) is 55.5 Å². The van der Waals surface area contributed by atoms with Gasteiger partial charge in [0.25, 0.3) is 0 Å². The van der Waals surface area contributed by atoms with Gasteiger partial charge in [-0.2, -0.15) is 0 Å². The minimum atomic E-state index is -1.97. The zero-order valence-corrected chi connectivity index (χ0v) is 15.4. The highest BCUT2D eigenvalue weighted by atomic mass is 16.6. The van der Waals surface area contributed by atoms with Gasteiger partial charge in [-0.1, -0.05) is 19.1 Å². The molecule has 150 valence electrons. The van der Waals surface area contributed by atoms with E-state index in [9.17, 15) is 24.9 Å². The van der Waals surface area contributed by atoms with E-state index in [4.69, 9.17) is 13.9 Å². The van der Waals surface area contributed by atoms with Crippen LogP contribution in [0.3, 0.4) is 0 Å². The molecule has 2 saturated heterocycles. The van der Waals surface area contributed by atoms with Gasteiger partial charge < -0.3 is 29.2 Å². The molecule has 4 aliphatic rings. The van der Waals surface area contributed by atoms with Crippen molar-refractivity contribution < 1.29 is 38.8 Å². The summed E-state index contributed by atoms with van der Waals surface area (Å²) in [4.78, 5) is 25.3. The summed E-state index contributed by atoms with van der Waals surface area (Å²) in [6.45, 7) is 1.43. The van der Waals surface area contributed by atoms with Crippen LogP contribution in [0.25, 0.3) is 0 Å². The molecule has 3 fully saturated rings. The smallest absolute Gasteiger partial charge is 0.339 e. The van der Waals surface area contributed by atoms with Gasteiger partial charge in [0.15, 0.2) is 11.2 Å². The monoisotopic (exact) mass is 390 g/mol. The topological polar surface area (TPSA) is 126 Å². The van der Waals surface area contributed by atoms with Crippen molar-refractivity contribution in [3.63, 3.8) is 0 Å². The van der Waals surface area contributed by atoms with Crippen LogP contribution >= 0.6 is 0 Å². The second-order valence-corrected chi connectivity index (χ2v) is 8.74. The average Bonchev–Trinajstić information content (AvgIpc) is 3.26. The molecule has 1 aromatic rings. The van der Waals surface area contributed by atoms with Gasteiger partial charge >= 0.3 is 11.9 Å². The summed E-state index contributed by atoms with van der Waals surface area (Å²) >= 11 is 0. The molecule has 8 heteroatoms. The van der Waals surface area contributed by atoms with E-state index in [1.807, 2.05) is 0 Å². The Kier molecular flexibility index (Phi) is 3.23.